The smallest absolute Gasteiger partial charge is 0.0400 e. The fourth-order valence-electron chi connectivity index (χ4n) is 1.93. The van der Waals surface area contributed by atoms with Crippen molar-refractivity contribution in [3.8, 4) is 0 Å². The van der Waals surface area contributed by atoms with Crippen LogP contribution in [0.15, 0.2) is 46.9 Å². The molecule has 0 aromatic heterocycles. The summed E-state index contributed by atoms with van der Waals surface area (Å²) in [4.78, 5) is 0. The zero-order chi connectivity index (χ0) is 13.0. The summed E-state index contributed by atoms with van der Waals surface area (Å²) < 4.78 is 1.14. The van der Waals surface area contributed by atoms with Crippen LogP contribution in [0.2, 0.25) is 0 Å². The Hall–Kier alpha value is -1.28. The summed E-state index contributed by atoms with van der Waals surface area (Å²) in [6.45, 7) is 5.16. The molecular formula is C16H18BrN. The van der Waals surface area contributed by atoms with E-state index in [1.165, 1.54) is 22.4 Å². The number of aryl methyl sites for hydroxylation is 2. The average molecular weight is 304 g/mol. The maximum Gasteiger partial charge on any atom is 0.0400 e. The highest BCUT2D eigenvalue weighted by atomic mass is 79.9. The van der Waals surface area contributed by atoms with Gasteiger partial charge >= 0.3 is 0 Å². The summed E-state index contributed by atoms with van der Waals surface area (Å²) in [7, 11) is 0. The van der Waals surface area contributed by atoms with E-state index in [9.17, 15) is 0 Å². The van der Waals surface area contributed by atoms with E-state index in [-0.39, 0.29) is 0 Å². The summed E-state index contributed by atoms with van der Waals surface area (Å²) in [6, 6.07) is 15.0. The molecule has 0 radical (unpaired) electrons. The van der Waals surface area contributed by atoms with Crippen molar-refractivity contribution in [2.75, 3.05) is 5.32 Å². The molecule has 0 aliphatic rings. The SMILES string of the molecule is CCc1cc(Br)ccc1NCc1ccc(C)cc1. The number of rotatable bonds is 4. The summed E-state index contributed by atoms with van der Waals surface area (Å²) in [5.74, 6) is 0. The Kier molecular flexibility index (Phi) is 4.43. The number of benzene rings is 2. The maximum absolute atomic E-state index is 3.51. The predicted molar refractivity (Wildman–Crippen MR) is 82.0 cm³/mol. The Morgan fingerprint density at radius 2 is 1.78 bits per heavy atom. The third-order valence-corrected chi connectivity index (χ3v) is 3.55. The third-order valence-electron chi connectivity index (χ3n) is 3.05. The lowest BCUT2D eigenvalue weighted by molar-refractivity contribution is 1.09. The molecule has 2 aromatic rings. The third kappa shape index (κ3) is 3.36. The molecule has 94 valence electrons. The van der Waals surface area contributed by atoms with Gasteiger partial charge in [-0.15, -0.1) is 0 Å². The lowest BCUT2D eigenvalue weighted by Gasteiger charge is -2.11. The van der Waals surface area contributed by atoms with Crippen LogP contribution in [0.3, 0.4) is 0 Å². The van der Waals surface area contributed by atoms with Gasteiger partial charge in [0.1, 0.15) is 0 Å². The van der Waals surface area contributed by atoms with Crippen molar-refractivity contribution in [3.05, 3.63) is 63.6 Å². The van der Waals surface area contributed by atoms with E-state index in [2.05, 4.69) is 77.6 Å². The van der Waals surface area contributed by atoms with E-state index in [4.69, 9.17) is 0 Å². The fraction of sp³-hybridized carbons (Fsp3) is 0.250. The molecule has 2 aromatic carbocycles. The lowest BCUT2D eigenvalue weighted by atomic mass is 10.1. The molecule has 18 heavy (non-hydrogen) atoms. The summed E-state index contributed by atoms with van der Waals surface area (Å²) in [5.41, 5.74) is 5.18. The average Bonchev–Trinajstić information content (AvgIpc) is 2.39. The van der Waals surface area contributed by atoms with Crippen LogP contribution in [-0.2, 0) is 13.0 Å². The highest BCUT2D eigenvalue weighted by molar-refractivity contribution is 9.10. The van der Waals surface area contributed by atoms with Gasteiger partial charge in [0.25, 0.3) is 0 Å². The van der Waals surface area contributed by atoms with Gasteiger partial charge in [0.05, 0.1) is 0 Å². The number of hydrogen-bond donors (Lipinski definition) is 1. The molecule has 0 bridgehead atoms. The number of halogens is 1. The maximum atomic E-state index is 3.51. The standard InChI is InChI=1S/C16H18BrN/c1-3-14-10-15(17)8-9-16(14)18-11-13-6-4-12(2)5-7-13/h4-10,18H,3,11H2,1-2H3. The van der Waals surface area contributed by atoms with Gasteiger partial charge < -0.3 is 5.32 Å². The van der Waals surface area contributed by atoms with Crippen molar-refractivity contribution < 1.29 is 0 Å². The predicted octanol–water partition coefficient (Wildman–Crippen LogP) is 4.93. The molecule has 0 unspecified atom stereocenters. The molecule has 0 saturated carbocycles. The Balaban J connectivity index is 2.08. The second-order valence-electron chi connectivity index (χ2n) is 4.49. The van der Waals surface area contributed by atoms with Gasteiger partial charge in [0.15, 0.2) is 0 Å². The van der Waals surface area contributed by atoms with Gasteiger partial charge in [0, 0.05) is 16.7 Å². The second kappa shape index (κ2) is 6.05. The topological polar surface area (TPSA) is 12.0 Å². The highest BCUT2D eigenvalue weighted by Gasteiger charge is 2.01. The van der Waals surface area contributed by atoms with Crippen LogP contribution in [0.5, 0.6) is 0 Å². The van der Waals surface area contributed by atoms with Gasteiger partial charge in [-0.2, -0.15) is 0 Å². The van der Waals surface area contributed by atoms with E-state index >= 15 is 0 Å². The van der Waals surface area contributed by atoms with Crippen LogP contribution in [-0.4, -0.2) is 0 Å². The monoisotopic (exact) mass is 303 g/mol. The van der Waals surface area contributed by atoms with Crippen molar-refractivity contribution in [1.29, 1.82) is 0 Å². The van der Waals surface area contributed by atoms with Gasteiger partial charge in [-0.1, -0.05) is 52.7 Å². The van der Waals surface area contributed by atoms with Crippen molar-refractivity contribution in [2.45, 2.75) is 26.8 Å². The first kappa shape index (κ1) is 13.2. The zero-order valence-electron chi connectivity index (χ0n) is 10.8. The van der Waals surface area contributed by atoms with Crippen LogP contribution in [0.25, 0.3) is 0 Å². The van der Waals surface area contributed by atoms with Crippen molar-refractivity contribution in [1.82, 2.24) is 0 Å². The number of hydrogen-bond acceptors (Lipinski definition) is 1. The normalized spacial score (nSPS) is 10.4. The van der Waals surface area contributed by atoms with E-state index in [1.807, 2.05) is 0 Å². The molecule has 0 atom stereocenters. The van der Waals surface area contributed by atoms with Crippen molar-refractivity contribution >= 4 is 21.6 Å². The van der Waals surface area contributed by atoms with E-state index in [1.54, 1.807) is 0 Å². The Labute approximate surface area is 117 Å². The molecule has 0 aliphatic heterocycles. The second-order valence-corrected chi connectivity index (χ2v) is 5.41. The van der Waals surface area contributed by atoms with Crippen LogP contribution in [0, 0.1) is 6.92 Å². The molecular weight excluding hydrogens is 286 g/mol. The number of anilines is 1. The molecule has 0 amide bonds. The molecule has 2 heteroatoms. The first-order valence-corrected chi connectivity index (χ1v) is 7.06. The van der Waals surface area contributed by atoms with Gasteiger partial charge in [-0.25, -0.2) is 0 Å². The minimum absolute atomic E-state index is 0.870. The minimum atomic E-state index is 0.870. The molecule has 0 saturated heterocycles. The first-order valence-electron chi connectivity index (χ1n) is 6.27. The van der Waals surface area contributed by atoms with Crippen LogP contribution in [0.4, 0.5) is 5.69 Å². The van der Waals surface area contributed by atoms with E-state index in [0.29, 0.717) is 0 Å². The molecule has 0 heterocycles. The lowest BCUT2D eigenvalue weighted by Crippen LogP contribution is -2.02. The molecule has 0 spiro atoms. The van der Waals surface area contributed by atoms with Crippen LogP contribution in [0.1, 0.15) is 23.6 Å². The summed E-state index contributed by atoms with van der Waals surface area (Å²) >= 11 is 3.51. The molecule has 1 N–H and O–H groups in total. The number of nitrogens with one attached hydrogen (secondary N) is 1. The quantitative estimate of drug-likeness (QED) is 0.844. The Morgan fingerprint density at radius 3 is 2.44 bits per heavy atom. The molecule has 1 nitrogen and oxygen atoms in total. The van der Waals surface area contributed by atoms with Crippen molar-refractivity contribution in [3.63, 3.8) is 0 Å². The zero-order valence-corrected chi connectivity index (χ0v) is 12.4. The van der Waals surface area contributed by atoms with Crippen molar-refractivity contribution in [2.24, 2.45) is 0 Å². The van der Waals surface area contributed by atoms with Crippen LogP contribution < -0.4 is 5.32 Å². The minimum Gasteiger partial charge on any atom is -0.381 e. The fourth-order valence-corrected chi connectivity index (χ4v) is 2.34. The molecule has 0 fully saturated rings. The van der Waals surface area contributed by atoms with Gasteiger partial charge in [-0.3, -0.25) is 0 Å². The summed E-state index contributed by atoms with van der Waals surface area (Å²) in [5, 5.41) is 3.51. The van der Waals surface area contributed by atoms with E-state index in [0.717, 1.165) is 17.4 Å². The molecule has 0 aliphatic carbocycles. The largest absolute Gasteiger partial charge is 0.381 e. The Morgan fingerprint density at radius 1 is 1.06 bits per heavy atom. The Bertz CT molecular complexity index is 517. The van der Waals surface area contributed by atoms with E-state index < -0.39 is 0 Å². The first-order chi connectivity index (χ1) is 8.69. The molecule has 2 rings (SSSR count). The van der Waals surface area contributed by atoms with Gasteiger partial charge in [-0.05, 0) is 42.7 Å². The van der Waals surface area contributed by atoms with Gasteiger partial charge in [0.2, 0.25) is 0 Å². The van der Waals surface area contributed by atoms with Crippen LogP contribution >= 0.6 is 15.9 Å². The summed E-state index contributed by atoms with van der Waals surface area (Å²) in [6.07, 6.45) is 1.04. The highest BCUT2D eigenvalue weighted by Crippen LogP contribution is 2.22.